The third-order valence-electron chi connectivity index (χ3n) is 2.27. The number of nitrogens with one attached hydrogen (secondary N) is 1. The molecule has 0 spiro atoms. The van der Waals surface area contributed by atoms with E-state index in [1.807, 2.05) is 13.8 Å². The van der Waals surface area contributed by atoms with Crippen LogP contribution >= 0.6 is 0 Å². The molecule has 3 nitrogen and oxygen atoms in total. The summed E-state index contributed by atoms with van der Waals surface area (Å²) in [7, 11) is -0.785. The monoisotopic (exact) mass is 207 g/mol. The van der Waals surface area contributed by atoms with Crippen LogP contribution in [0.1, 0.15) is 27.2 Å². The van der Waals surface area contributed by atoms with Gasteiger partial charge in [-0.3, -0.25) is 4.21 Å². The molecule has 4 heteroatoms. The van der Waals surface area contributed by atoms with E-state index >= 15 is 0 Å². The van der Waals surface area contributed by atoms with Crippen molar-refractivity contribution < 1.29 is 9.32 Å². The standard InChI is InChI=1S/C9H21NO2S/c1-5-9(3,11)7-10-6-8(2)13(4)12/h8,10-11H,5-7H2,1-4H3. The van der Waals surface area contributed by atoms with Crippen molar-refractivity contribution in [1.29, 1.82) is 0 Å². The van der Waals surface area contributed by atoms with Gasteiger partial charge in [-0.15, -0.1) is 0 Å². The Morgan fingerprint density at radius 3 is 2.54 bits per heavy atom. The molecule has 0 rings (SSSR count). The molecule has 0 aliphatic heterocycles. The SMILES string of the molecule is CCC(C)(O)CNCC(C)S(C)=O. The minimum absolute atomic E-state index is 0.146. The van der Waals surface area contributed by atoms with Gasteiger partial charge in [0.1, 0.15) is 0 Å². The van der Waals surface area contributed by atoms with E-state index in [2.05, 4.69) is 5.32 Å². The van der Waals surface area contributed by atoms with E-state index in [-0.39, 0.29) is 5.25 Å². The lowest BCUT2D eigenvalue weighted by Crippen LogP contribution is -2.40. The summed E-state index contributed by atoms with van der Waals surface area (Å²) in [4.78, 5) is 0. The molecule has 2 N–H and O–H groups in total. The Hall–Kier alpha value is 0.0700. The summed E-state index contributed by atoms with van der Waals surface area (Å²) in [5.74, 6) is 0. The number of hydrogen-bond donors (Lipinski definition) is 2. The molecule has 0 aliphatic rings. The molecule has 13 heavy (non-hydrogen) atoms. The molecule has 0 radical (unpaired) electrons. The Kier molecular flexibility index (Phi) is 5.76. The van der Waals surface area contributed by atoms with Crippen LogP contribution in [0.3, 0.4) is 0 Å². The highest BCUT2D eigenvalue weighted by Crippen LogP contribution is 2.05. The molecule has 0 saturated heterocycles. The van der Waals surface area contributed by atoms with Crippen LogP contribution in [-0.2, 0) is 10.8 Å². The van der Waals surface area contributed by atoms with Gasteiger partial charge in [-0.1, -0.05) is 6.92 Å². The van der Waals surface area contributed by atoms with Crippen LogP contribution < -0.4 is 5.32 Å². The van der Waals surface area contributed by atoms with Crippen molar-refractivity contribution in [3.63, 3.8) is 0 Å². The van der Waals surface area contributed by atoms with E-state index in [1.54, 1.807) is 13.2 Å². The first-order valence-electron chi connectivity index (χ1n) is 4.64. The Morgan fingerprint density at radius 2 is 2.15 bits per heavy atom. The smallest absolute Gasteiger partial charge is 0.0740 e. The van der Waals surface area contributed by atoms with Gasteiger partial charge in [0.15, 0.2) is 0 Å². The molecule has 3 atom stereocenters. The average Bonchev–Trinajstić information content (AvgIpc) is 2.04. The first kappa shape index (κ1) is 13.1. The van der Waals surface area contributed by atoms with Gasteiger partial charge >= 0.3 is 0 Å². The predicted octanol–water partition coefficient (Wildman–Crippen LogP) is 0.504. The number of rotatable bonds is 6. The molecule has 0 heterocycles. The Morgan fingerprint density at radius 1 is 1.62 bits per heavy atom. The van der Waals surface area contributed by atoms with Gasteiger partial charge in [0.25, 0.3) is 0 Å². The minimum Gasteiger partial charge on any atom is -0.389 e. The molecule has 80 valence electrons. The van der Waals surface area contributed by atoms with Crippen LogP contribution in [0.4, 0.5) is 0 Å². The van der Waals surface area contributed by atoms with Crippen LogP contribution in [0.25, 0.3) is 0 Å². The molecule has 3 unspecified atom stereocenters. The summed E-state index contributed by atoms with van der Waals surface area (Å²) in [6, 6.07) is 0. The van der Waals surface area contributed by atoms with Crippen LogP contribution in [0, 0.1) is 0 Å². The highest BCUT2D eigenvalue weighted by Gasteiger charge is 2.17. The van der Waals surface area contributed by atoms with Crippen molar-refractivity contribution in [2.24, 2.45) is 0 Å². The molecule has 0 aromatic rings. The third kappa shape index (κ3) is 6.18. The largest absolute Gasteiger partial charge is 0.389 e. The summed E-state index contributed by atoms with van der Waals surface area (Å²) >= 11 is 0. The van der Waals surface area contributed by atoms with Crippen molar-refractivity contribution in [1.82, 2.24) is 5.32 Å². The van der Waals surface area contributed by atoms with Gasteiger partial charge in [0, 0.05) is 35.4 Å². The molecule has 0 aromatic carbocycles. The van der Waals surface area contributed by atoms with Crippen molar-refractivity contribution in [2.45, 2.75) is 38.0 Å². The minimum atomic E-state index is -0.785. The fraction of sp³-hybridized carbons (Fsp3) is 1.00. The highest BCUT2D eigenvalue weighted by atomic mass is 32.2. The van der Waals surface area contributed by atoms with Gasteiger partial charge in [-0.05, 0) is 20.3 Å². The van der Waals surface area contributed by atoms with Crippen LogP contribution in [0.2, 0.25) is 0 Å². The van der Waals surface area contributed by atoms with Crippen LogP contribution in [0.15, 0.2) is 0 Å². The van der Waals surface area contributed by atoms with Crippen molar-refractivity contribution in [3.8, 4) is 0 Å². The van der Waals surface area contributed by atoms with Gasteiger partial charge in [0.2, 0.25) is 0 Å². The molecule has 0 amide bonds. The van der Waals surface area contributed by atoms with Gasteiger partial charge in [-0.2, -0.15) is 0 Å². The number of aliphatic hydroxyl groups is 1. The lowest BCUT2D eigenvalue weighted by atomic mass is 10.0. The summed E-state index contributed by atoms with van der Waals surface area (Å²) in [5.41, 5.74) is -0.644. The maximum atomic E-state index is 11.0. The van der Waals surface area contributed by atoms with Crippen LogP contribution in [-0.4, -0.2) is 39.5 Å². The van der Waals surface area contributed by atoms with E-state index in [1.165, 1.54) is 0 Å². The van der Waals surface area contributed by atoms with Gasteiger partial charge in [0.05, 0.1) is 5.60 Å². The van der Waals surface area contributed by atoms with Crippen LogP contribution in [0.5, 0.6) is 0 Å². The second kappa shape index (κ2) is 5.73. The van der Waals surface area contributed by atoms with Crippen molar-refractivity contribution >= 4 is 10.8 Å². The van der Waals surface area contributed by atoms with E-state index < -0.39 is 16.4 Å². The molecule has 0 bridgehead atoms. The molecular formula is C9H21NO2S. The molecular weight excluding hydrogens is 186 g/mol. The molecule has 0 aliphatic carbocycles. The van der Waals surface area contributed by atoms with E-state index in [9.17, 15) is 9.32 Å². The van der Waals surface area contributed by atoms with Gasteiger partial charge in [-0.25, -0.2) is 0 Å². The molecule has 0 aromatic heterocycles. The average molecular weight is 207 g/mol. The maximum absolute atomic E-state index is 11.0. The van der Waals surface area contributed by atoms with Crippen molar-refractivity contribution in [3.05, 3.63) is 0 Å². The number of hydrogen-bond acceptors (Lipinski definition) is 3. The third-order valence-corrected chi connectivity index (χ3v) is 3.57. The quantitative estimate of drug-likeness (QED) is 0.667. The lowest BCUT2D eigenvalue weighted by molar-refractivity contribution is 0.0562. The zero-order valence-corrected chi connectivity index (χ0v) is 9.78. The Labute approximate surface area is 83.4 Å². The first-order chi connectivity index (χ1) is 5.89. The second-order valence-corrected chi connectivity index (χ2v) is 5.59. The van der Waals surface area contributed by atoms with E-state index in [4.69, 9.17) is 0 Å². The molecule has 0 fully saturated rings. The molecule has 0 saturated carbocycles. The fourth-order valence-corrected chi connectivity index (χ4v) is 1.14. The summed E-state index contributed by atoms with van der Waals surface area (Å²) in [6.45, 7) is 6.94. The predicted molar refractivity (Wildman–Crippen MR) is 57.3 cm³/mol. The second-order valence-electron chi connectivity index (χ2n) is 3.79. The first-order valence-corrected chi connectivity index (χ1v) is 6.26. The lowest BCUT2D eigenvalue weighted by Gasteiger charge is -2.22. The van der Waals surface area contributed by atoms with Crippen molar-refractivity contribution in [2.75, 3.05) is 19.3 Å². The zero-order valence-electron chi connectivity index (χ0n) is 8.96. The summed E-state index contributed by atoms with van der Waals surface area (Å²) < 4.78 is 11.0. The maximum Gasteiger partial charge on any atom is 0.0740 e. The zero-order chi connectivity index (χ0) is 10.5. The highest BCUT2D eigenvalue weighted by molar-refractivity contribution is 7.84. The van der Waals surface area contributed by atoms with E-state index in [0.29, 0.717) is 13.1 Å². The van der Waals surface area contributed by atoms with Gasteiger partial charge < -0.3 is 10.4 Å². The summed E-state index contributed by atoms with van der Waals surface area (Å²) in [6.07, 6.45) is 2.42. The Balaban J connectivity index is 3.62. The topological polar surface area (TPSA) is 49.3 Å². The summed E-state index contributed by atoms with van der Waals surface area (Å²) in [5, 5.41) is 12.9. The normalized spacial score (nSPS) is 20.7. The fourth-order valence-electron chi connectivity index (χ4n) is 0.787. The Bertz CT molecular complexity index is 171. The van der Waals surface area contributed by atoms with E-state index in [0.717, 1.165) is 6.42 Å².